The van der Waals surface area contributed by atoms with Crippen LogP contribution in [0.1, 0.15) is 22.8 Å². The van der Waals surface area contributed by atoms with Gasteiger partial charge in [-0.3, -0.25) is 15.6 Å². The van der Waals surface area contributed by atoms with Gasteiger partial charge in [-0.05, 0) is 61.6 Å². The van der Waals surface area contributed by atoms with E-state index < -0.39 is 0 Å². The van der Waals surface area contributed by atoms with E-state index in [0.717, 1.165) is 11.3 Å². The molecule has 2 aromatic rings. The molecule has 0 aliphatic rings. The molecule has 138 valence electrons. The smallest absolute Gasteiger partial charge is 0.269 e. The van der Waals surface area contributed by atoms with E-state index in [1.807, 2.05) is 6.92 Å². The Hall–Kier alpha value is -2.35. The topological polar surface area (TPSA) is 71.6 Å². The van der Waals surface area contributed by atoms with Crippen molar-refractivity contribution < 1.29 is 14.3 Å². The molecule has 2 aromatic carbocycles. The fraction of sp³-hybridized carbons (Fsp3) is 0.222. The van der Waals surface area contributed by atoms with Gasteiger partial charge in [0.2, 0.25) is 0 Å². The van der Waals surface area contributed by atoms with Crippen LogP contribution >= 0.6 is 23.8 Å². The van der Waals surface area contributed by atoms with E-state index in [0.29, 0.717) is 29.5 Å². The number of rotatable bonds is 6. The summed E-state index contributed by atoms with van der Waals surface area (Å²) in [6.45, 7) is 2.85. The van der Waals surface area contributed by atoms with Crippen molar-refractivity contribution >= 4 is 40.5 Å². The number of hydrogen-bond donors (Lipinski definition) is 3. The number of ether oxygens (including phenoxy) is 2. The molecule has 2 rings (SSSR count). The van der Waals surface area contributed by atoms with Crippen molar-refractivity contribution in [1.82, 2.24) is 10.9 Å². The van der Waals surface area contributed by atoms with Crippen molar-refractivity contribution in [2.75, 3.05) is 19.0 Å². The molecule has 0 spiro atoms. The van der Waals surface area contributed by atoms with Gasteiger partial charge in [-0.15, -0.1) is 0 Å². The Morgan fingerprint density at radius 1 is 1.15 bits per heavy atom. The van der Waals surface area contributed by atoms with Gasteiger partial charge in [0, 0.05) is 28.4 Å². The molecular weight excluding hydrogens is 374 g/mol. The molecule has 0 fully saturated rings. The standard InChI is InChI=1S/C18H20ClN3O3S/c1-3-25-11-13-10-12(4-9-16(13)24-2)17(23)21-22-18(26)20-15-7-5-14(19)6-8-15/h4-10H,3,11H2,1-2H3,(H,21,23)(H2,20,22,26). The van der Waals surface area contributed by atoms with Crippen LogP contribution in [0.2, 0.25) is 5.02 Å². The Bertz CT molecular complexity index is 769. The van der Waals surface area contributed by atoms with E-state index in [1.165, 1.54) is 0 Å². The summed E-state index contributed by atoms with van der Waals surface area (Å²) in [6.07, 6.45) is 0. The third-order valence-corrected chi connectivity index (χ3v) is 3.85. The van der Waals surface area contributed by atoms with E-state index in [-0.39, 0.29) is 11.0 Å². The lowest BCUT2D eigenvalue weighted by Gasteiger charge is -2.13. The van der Waals surface area contributed by atoms with Crippen LogP contribution in [-0.2, 0) is 11.3 Å². The Balaban J connectivity index is 1.94. The van der Waals surface area contributed by atoms with Crippen LogP contribution in [0.3, 0.4) is 0 Å². The first-order chi connectivity index (χ1) is 12.5. The molecule has 0 saturated heterocycles. The highest BCUT2D eigenvalue weighted by molar-refractivity contribution is 7.80. The predicted octanol–water partition coefficient (Wildman–Crippen LogP) is 3.52. The lowest BCUT2D eigenvalue weighted by Crippen LogP contribution is -2.43. The highest BCUT2D eigenvalue weighted by Gasteiger charge is 2.11. The van der Waals surface area contributed by atoms with Crippen LogP contribution in [0, 0.1) is 0 Å². The van der Waals surface area contributed by atoms with Crippen molar-refractivity contribution in [3.05, 3.63) is 58.6 Å². The van der Waals surface area contributed by atoms with E-state index in [4.69, 9.17) is 33.3 Å². The molecular formula is C18H20ClN3O3S. The summed E-state index contributed by atoms with van der Waals surface area (Å²) < 4.78 is 10.7. The maximum atomic E-state index is 12.3. The molecule has 26 heavy (non-hydrogen) atoms. The fourth-order valence-electron chi connectivity index (χ4n) is 2.13. The summed E-state index contributed by atoms with van der Waals surface area (Å²) in [7, 11) is 1.58. The zero-order chi connectivity index (χ0) is 18.9. The minimum atomic E-state index is -0.328. The number of anilines is 1. The van der Waals surface area contributed by atoms with Gasteiger partial charge in [-0.1, -0.05) is 11.6 Å². The number of benzene rings is 2. The second-order valence-corrected chi connectivity index (χ2v) is 6.05. The van der Waals surface area contributed by atoms with Crippen molar-refractivity contribution in [2.24, 2.45) is 0 Å². The van der Waals surface area contributed by atoms with E-state index in [2.05, 4.69) is 16.2 Å². The molecule has 8 heteroatoms. The summed E-state index contributed by atoms with van der Waals surface area (Å²) in [4.78, 5) is 12.3. The molecule has 6 nitrogen and oxygen atoms in total. The molecule has 0 aliphatic heterocycles. The Labute approximate surface area is 162 Å². The van der Waals surface area contributed by atoms with Gasteiger partial charge in [0.15, 0.2) is 5.11 Å². The number of carbonyl (C=O) groups excluding carboxylic acids is 1. The molecule has 0 radical (unpaired) electrons. The van der Waals surface area contributed by atoms with Crippen LogP contribution in [0.25, 0.3) is 0 Å². The van der Waals surface area contributed by atoms with Crippen molar-refractivity contribution in [2.45, 2.75) is 13.5 Å². The number of halogens is 1. The van der Waals surface area contributed by atoms with Gasteiger partial charge >= 0.3 is 0 Å². The highest BCUT2D eigenvalue weighted by atomic mass is 35.5. The first kappa shape index (κ1) is 20.0. The number of amides is 1. The van der Waals surface area contributed by atoms with Crippen LogP contribution in [0.4, 0.5) is 5.69 Å². The minimum absolute atomic E-state index is 0.253. The lowest BCUT2D eigenvalue weighted by atomic mass is 10.1. The molecule has 0 aromatic heterocycles. The van der Waals surface area contributed by atoms with Gasteiger partial charge in [-0.25, -0.2) is 0 Å². The maximum Gasteiger partial charge on any atom is 0.269 e. The maximum absolute atomic E-state index is 12.3. The number of methoxy groups -OCH3 is 1. The quantitative estimate of drug-likeness (QED) is 0.515. The van der Waals surface area contributed by atoms with Crippen LogP contribution in [-0.4, -0.2) is 24.7 Å². The summed E-state index contributed by atoms with van der Waals surface area (Å²) in [5.41, 5.74) is 7.22. The predicted molar refractivity (Wildman–Crippen MR) is 107 cm³/mol. The summed E-state index contributed by atoms with van der Waals surface area (Å²) in [5.74, 6) is 0.341. The monoisotopic (exact) mass is 393 g/mol. The molecule has 0 saturated carbocycles. The minimum Gasteiger partial charge on any atom is -0.496 e. The van der Waals surface area contributed by atoms with Gasteiger partial charge in [-0.2, -0.15) is 0 Å². The second kappa shape index (κ2) is 9.96. The molecule has 0 bridgehead atoms. The molecule has 0 heterocycles. The zero-order valence-electron chi connectivity index (χ0n) is 14.5. The third-order valence-electron chi connectivity index (χ3n) is 3.40. The number of carbonyl (C=O) groups is 1. The van der Waals surface area contributed by atoms with Crippen LogP contribution in [0.15, 0.2) is 42.5 Å². The summed E-state index contributed by atoms with van der Waals surface area (Å²) in [5, 5.41) is 3.82. The number of nitrogens with one attached hydrogen (secondary N) is 3. The highest BCUT2D eigenvalue weighted by Crippen LogP contribution is 2.21. The third kappa shape index (κ3) is 5.87. The van der Waals surface area contributed by atoms with Gasteiger partial charge < -0.3 is 14.8 Å². The lowest BCUT2D eigenvalue weighted by molar-refractivity contribution is 0.0943. The normalized spacial score (nSPS) is 10.1. The van der Waals surface area contributed by atoms with Crippen molar-refractivity contribution in [3.8, 4) is 5.75 Å². The van der Waals surface area contributed by atoms with Gasteiger partial charge in [0.1, 0.15) is 5.75 Å². The van der Waals surface area contributed by atoms with Crippen LogP contribution in [0.5, 0.6) is 5.75 Å². The van der Waals surface area contributed by atoms with Crippen molar-refractivity contribution in [3.63, 3.8) is 0 Å². The largest absolute Gasteiger partial charge is 0.496 e. The molecule has 1 amide bonds. The van der Waals surface area contributed by atoms with E-state index in [9.17, 15) is 4.79 Å². The number of thiocarbonyl (C=S) groups is 1. The van der Waals surface area contributed by atoms with Gasteiger partial charge in [0.25, 0.3) is 5.91 Å². The van der Waals surface area contributed by atoms with Crippen LogP contribution < -0.4 is 20.9 Å². The average molecular weight is 394 g/mol. The Morgan fingerprint density at radius 3 is 2.54 bits per heavy atom. The second-order valence-electron chi connectivity index (χ2n) is 5.20. The fourth-order valence-corrected chi connectivity index (χ4v) is 2.42. The Kier molecular flexibility index (Phi) is 7.65. The first-order valence-corrected chi connectivity index (χ1v) is 8.69. The number of hydrazine groups is 1. The van der Waals surface area contributed by atoms with E-state index >= 15 is 0 Å². The summed E-state index contributed by atoms with van der Waals surface area (Å²) >= 11 is 11.0. The van der Waals surface area contributed by atoms with E-state index in [1.54, 1.807) is 49.6 Å². The first-order valence-electron chi connectivity index (χ1n) is 7.91. The number of hydrogen-bond acceptors (Lipinski definition) is 4. The average Bonchev–Trinajstić information content (AvgIpc) is 2.66. The molecule has 3 N–H and O–H groups in total. The van der Waals surface area contributed by atoms with Gasteiger partial charge in [0.05, 0.1) is 13.7 Å². The molecule has 0 atom stereocenters. The zero-order valence-corrected chi connectivity index (χ0v) is 16.0. The molecule has 0 aliphatic carbocycles. The summed E-state index contributed by atoms with van der Waals surface area (Å²) in [6, 6.07) is 12.2. The van der Waals surface area contributed by atoms with Crippen molar-refractivity contribution in [1.29, 1.82) is 0 Å². The Morgan fingerprint density at radius 2 is 1.88 bits per heavy atom. The SMILES string of the molecule is CCOCc1cc(C(=O)NNC(=S)Nc2ccc(Cl)cc2)ccc1OC. The molecule has 0 unspecified atom stereocenters.